The zero-order valence-corrected chi connectivity index (χ0v) is 9.30. The largest absolute Gasteiger partial charge is 0.385 e. The molecular formula is C10H23NO2. The van der Waals surface area contributed by atoms with Crippen LogP contribution >= 0.6 is 0 Å². The van der Waals surface area contributed by atoms with Crippen LogP contribution in [0.2, 0.25) is 0 Å². The minimum absolute atomic E-state index is 0.280. The van der Waals surface area contributed by atoms with Gasteiger partial charge in [-0.25, -0.2) is 0 Å². The van der Waals surface area contributed by atoms with Gasteiger partial charge in [0.25, 0.3) is 0 Å². The molecule has 0 radical (unpaired) electrons. The summed E-state index contributed by atoms with van der Waals surface area (Å²) >= 11 is 0. The molecule has 0 saturated carbocycles. The molecule has 1 N–H and O–H groups in total. The van der Waals surface area contributed by atoms with Crippen LogP contribution < -0.4 is 5.32 Å². The van der Waals surface area contributed by atoms with Crippen molar-refractivity contribution in [3.05, 3.63) is 0 Å². The summed E-state index contributed by atoms with van der Waals surface area (Å²) in [6.07, 6.45) is 2.56. The van der Waals surface area contributed by atoms with Crippen molar-refractivity contribution in [2.75, 3.05) is 27.4 Å². The molecule has 0 aromatic heterocycles. The van der Waals surface area contributed by atoms with Gasteiger partial charge in [-0.15, -0.1) is 0 Å². The van der Waals surface area contributed by atoms with Crippen LogP contribution in [-0.2, 0) is 9.47 Å². The van der Waals surface area contributed by atoms with E-state index in [1.165, 1.54) is 0 Å². The van der Waals surface area contributed by atoms with Crippen molar-refractivity contribution in [2.24, 2.45) is 0 Å². The third kappa shape index (κ3) is 6.99. The monoisotopic (exact) mass is 189 g/mol. The predicted molar refractivity (Wildman–Crippen MR) is 55.0 cm³/mol. The van der Waals surface area contributed by atoms with E-state index < -0.39 is 0 Å². The van der Waals surface area contributed by atoms with Crippen molar-refractivity contribution >= 4 is 0 Å². The van der Waals surface area contributed by atoms with Gasteiger partial charge in [-0.1, -0.05) is 0 Å². The molecule has 0 heterocycles. The van der Waals surface area contributed by atoms with Gasteiger partial charge in [0.05, 0.1) is 6.10 Å². The van der Waals surface area contributed by atoms with Crippen LogP contribution in [0.4, 0.5) is 0 Å². The Morgan fingerprint density at radius 3 is 2.38 bits per heavy atom. The summed E-state index contributed by atoms with van der Waals surface area (Å²) < 4.78 is 10.2. The summed E-state index contributed by atoms with van der Waals surface area (Å²) in [6, 6.07) is 0.424. The number of unbranched alkanes of at least 4 members (excludes halogenated alkanes) is 1. The maximum absolute atomic E-state index is 5.20. The second-order valence-electron chi connectivity index (χ2n) is 3.38. The first kappa shape index (κ1) is 12.9. The first-order valence-electron chi connectivity index (χ1n) is 4.97. The van der Waals surface area contributed by atoms with Crippen molar-refractivity contribution < 1.29 is 9.47 Å². The lowest BCUT2D eigenvalue weighted by molar-refractivity contribution is 0.0884. The van der Waals surface area contributed by atoms with Gasteiger partial charge < -0.3 is 14.8 Å². The van der Waals surface area contributed by atoms with E-state index in [0.29, 0.717) is 6.04 Å². The summed E-state index contributed by atoms with van der Waals surface area (Å²) in [4.78, 5) is 0. The van der Waals surface area contributed by atoms with Crippen LogP contribution in [0.25, 0.3) is 0 Å². The molecule has 0 spiro atoms. The molecule has 3 nitrogen and oxygen atoms in total. The van der Waals surface area contributed by atoms with Gasteiger partial charge in [-0.2, -0.15) is 0 Å². The molecule has 0 aromatic carbocycles. The Labute approximate surface area is 81.8 Å². The summed E-state index contributed by atoms with van der Waals surface area (Å²) in [7, 11) is 3.48. The molecule has 0 saturated heterocycles. The van der Waals surface area contributed by atoms with Crippen molar-refractivity contribution in [1.29, 1.82) is 0 Å². The van der Waals surface area contributed by atoms with Gasteiger partial charge in [-0.3, -0.25) is 0 Å². The van der Waals surface area contributed by atoms with Gasteiger partial charge in [0.1, 0.15) is 0 Å². The molecule has 2 atom stereocenters. The number of methoxy groups -OCH3 is 2. The second kappa shape index (κ2) is 8.48. The highest BCUT2D eigenvalue weighted by Crippen LogP contribution is 1.96. The van der Waals surface area contributed by atoms with Crippen molar-refractivity contribution in [1.82, 2.24) is 5.32 Å². The standard InChI is InChI=1S/C10H23NO2/c1-9(10(2)13-4)11-7-5-6-8-12-3/h9-11H,5-8H2,1-4H3. The minimum atomic E-state index is 0.280. The van der Waals surface area contributed by atoms with Crippen LogP contribution in [0.1, 0.15) is 26.7 Å². The van der Waals surface area contributed by atoms with E-state index in [0.717, 1.165) is 26.0 Å². The Morgan fingerprint density at radius 1 is 1.15 bits per heavy atom. The number of hydrogen-bond acceptors (Lipinski definition) is 3. The van der Waals surface area contributed by atoms with E-state index in [-0.39, 0.29) is 6.10 Å². The minimum Gasteiger partial charge on any atom is -0.385 e. The SMILES string of the molecule is COCCCCNC(C)C(C)OC. The van der Waals surface area contributed by atoms with Crippen LogP contribution in [0.5, 0.6) is 0 Å². The van der Waals surface area contributed by atoms with Crippen LogP contribution in [-0.4, -0.2) is 39.5 Å². The van der Waals surface area contributed by atoms with Crippen LogP contribution in [0.15, 0.2) is 0 Å². The first-order valence-corrected chi connectivity index (χ1v) is 4.97. The zero-order valence-electron chi connectivity index (χ0n) is 9.30. The Hall–Kier alpha value is -0.120. The van der Waals surface area contributed by atoms with Crippen molar-refractivity contribution in [2.45, 2.75) is 38.8 Å². The first-order chi connectivity index (χ1) is 6.22. The summed E-state index contributed by atoms with van der Waals surface area (Å²) in [5.41, 5.74) is 0. The van der Waals surface area contributed by atoms with E-state index in [4.69, 9.17) is 9.47 Å². The number of hydrogen-bond donors (Lipinski definition) is 1. The molecule has 13 heavy (non-hydrogen) atoms. The van der Waals surface area contributed by atoms with Crippen molar-refractivity contribution in [3.8, 4) is 0 Å². The lowest BCUT2D eigenvalue weighted by Gasteiger charge is -2.19. The third-order valence-electron chi connectivity index (χ3n) is 2.32. The summed E-state index contributed by atoms with van der Waals surface area (Å²) in [5, 5.41) is 3.41. The topological polar surface area (TPSA) is 30.5 Å². The van der Waals surface area contributed by atoms with E-state index in [1.807, 2.05) is 0 Å². The number of rotatable bonds is 8. The van der Waals surface area contributed by atoms with Crippen LogP contribution in [0, 0.1) is 0 Å². The van der Waals surface area contributed by atoms with E-state index in [9.17, 15) is 0 Å². The number of ether oxygens (including phenoxy) is 2. The molecule has 0 bridgehead atoms. The summed E-state index contributed by atoms with van der Waals surface area (Å²) in [5.74, 6) is 0. The Morgan fingerprint density at radius 2 is 1.85 bits per heavy atom. The van der Waals surface area contributed by atoms with Crippen molar-refractivity contribution in [3.63, 3.8) is 0 Å². The maximum Gasteiger partial charge on any atom is 0.0693 e. The highest BCUT2D eigenvalue weighted by molar-refractivity contribution is 4.67. The smallest absolute Gasteiger partial charge is 0.0693 e. The molecule has 0 rings (SSSR count). The normalized spacial score (nSPS) is 15.7. The average molecular weight is 189 g/mol. The zero-order chi connectivity index (χ0) is 10.1. The van der Waals surface area contributed by atoms with Gasteiger partial charge in [0, 0.05) is 26.9 Å². The van der Waals surface area contributed by atoms with Gasteiger partial charge in [-0.05, 0) is 33.2 Å². The predicted octanol–water partition coefficient (Wildman–Crippen LogP) is 1.43. The molecular weight excluding hydrogens is 166 g/mol. The Balaban J connectivity index is 3.21. The van der Waals surface area contributed by atoms with Gasteiger partial charge >= 0.3 is 0 Å². The maximum atomic E-state index is 5.20. The molecule has 80 valence electrons. The highest BCUT2D eigenvalue weighted by Gasteiger charge is 2.08. The molecule has 0 aromatic rings. The number of nitrogens with one attached hydrogen (secondary N) is 1. The Kier molecular flexibility index (Phi) is 8.40. The molecule has 0 amide bonds. The van der Waals surface area contributed by atoms with Gasteiger partial charge in [0.15, 0.2) is 0 Å². The average Bonchev–Trinajstić information content (AvgIpc) is 2.16. The quantitative estimate of drug-likeness (QED) is 0.586. The molecule has 0 aliphatic rings. The molecule has 0 aliphatic heterocycles. The molecule has 0 aliphatic carbocycles. The van der Waals surface area contributed by atoms with E-state index in [1.54, 1.807) is 14.2 Å². The second-order valence-corrected chi connectivity index (χ2v) is 3.38. The molecule has 3 heteroatoms. The third-order valence-corrected chi connectivity index (χ3v) is 2.32. The van der Waals surface area contributed by atoms with Crippen LogP contribution in [0.3, 0.4) is 0 Å². The molecule has 2 unspecified atom stereocenters. The van der Waals surface area contributed by atoms with E-state index in [2.05, 4.69) is 19.2 Å². The fourth-order valence-corrected chi connectivity index (χ4v) is 1.07. The Bertz CT molecular complexity index is 109. The lowest BCUT2D eigenvalue weighted by Crippen LogP contribution is -2.37. The van der Waals surface area contributed by atoms with E-state index >= 15 is 0 Å². The van der Waals surface area contributed by atoms with Gasteiger partial charge in [0.2, 0.25) is 0 Å². The fraction of sp³-hybridized carbons (Fsp3) is 1.00. The summed E-state index contributed by atoms with van der Waals surface area (Å²) in [6.45, 7) is 6.12. The highest BCUT2D eigenvalue weighted by atomic mass is 16.5. The fourth-order valence-electron chi connectivity index (χ4n) is 1.07. The molecule has 0 fully saturated rings. The lowest BCUT2D eigenvalue weighted by atomic mass is 10.2.